The smallest absolute Gasteiger partial charge is 0.181 e. The van der Waals surface area contributed by atoms with Crippen molar-refractivity contribution in [2.24, 2.45) is 5.92 Å². The molecule has 2 heterocycles. The van der Waals surface area contributed by atoms with Crippen LogP contribution in [0.3, 0.4) is 0 Å². The summed E-state index contributed by atoms with van der Waals surface area (Å²) in [6.45, 7) is 4.23. The molecule has 0 amide bonds. The summed E-state index contributed by atoms with van der Waals surface area (Å²) < 4.78 is 5.10. The average molecular weight is 152 g/mol. The van der Waals surface area contributed by atoms with Gasteiger partial charge in [-0.05, 0) is 32.4 Å². The van der Waals surface area contributed by atoms with E-state index in [1.807, 2.05) is 6.92 Å². The minimum Gasteiger partial charge on any atom is -0.449 e. The molecule has 0 unspecified atom stereocenters. The molecule has 3 nitrogen and oxygen atoms in total. The van der Waals surface area contributed by atoms with E-state index in [4.69, 9.17) is 4.42 Å². The molecule has 1 aliphatic rings. The Morgan fingerprint density at radius 2 is 2.55 bits per heavy atom. The van der Waals surface area contributed by atoms with Crippen molar-refractivity contribution < 1.29 is 4.42 Å². The fourth-order valence-electron chi connectivity index (χ4n) is 1.29. The number of aryl methyl sites for hydroxylation is 1. The number of aromatic nitrogens is 1. The third kappa shape index (κ3) is 1.28. The Morgan fingerprint density at radius 1 is 1.73 bits per heavy atom. The molecule has 1 aromatic heterocycles. The molecule has 0 atom stereocenters. The highest BCUT2D eigenvalue weighted by Gasteiger charge is 2.19. The normalized spacial score (nSPS) is 18.3. The SMILES string of the molecule is Cc1ocnc1CC1CNC1. The molecule has 1 aliphatic heterocycles. The van der Waals surface area contributed by atoms with E-state index in [1.54, 1.807) is 0 Å². The molecule has 3 heteroatoms. The van der Waals surface area contributed by atoms with Gasteiger partial charge in [-0.1, -0.05) is 0 Å². The van der Waals surface area contributed by atoms with E-state index in [0.717, 1.165) is 36.9 Å². The Bertz CT molecular complexity index is 240. The molecule has 0 bridgehead atoms. The Hall–Kier alpha value is -0.830. The second-order valence-corrected chi connectivity index (χ2v) is 3.08. The van der Waals surface area contributed by atoms with Gasteiger partial charge in [0.05, 0.1) is 5.69 Å². The maximum absolute atomic E-state index is 5.10. The molecule has 11 heavy (non-hydrogen) atoms. The van der Waals surface area contributed by atoms with Crippen molar-refractivity contribution in [3.05, 3.63) is 17.8 Å². The van der Waals surface area contributed by atoms with Gasteiger partial charge in [0.25, 0.3) is 0 Å². The van der Waals surface area contributed by atoms with Gasteiger partial charge in [-0.3, -0.25) is 0 Å². The van der Waals surface area contributed by atoms with Crippen LogP contribution in [0, 0.1) is 12.8 Å². The van der Waals surface area contributed by atoms with Crippen molar-refractivity contribution in [1.82, 2.24) is 10.3 Å². The average Bonchev–Trinajstić information content (AvgIpc) is 2.27. The van der Waals surface area contributed by atoms with Crippen molar-refractivity contribution in [2.45, 2.75) is 13.3 Å². The molecule has 1 aromatic rings. The summed E-state index contributed by atoms with van der Waals surface area (Å²) in [5.74, 6) is 1.75. The van der Waals surface area contributed by atoms with Gasteiger partial charge in [-0.15, -0.1) is 0 Å². The van der Waals surface area contributed by atoms with Crippen LogP contribution in [0.1, 0.15) is 11.5 Å². The van der Waals surface area contributed by atoms with E-state index in [0.29, 0.717) is 0 Å². The van der Waals surface area contributed by atoms with Gasteiger partial charge >= 0.3 is 0 Å². The van der Waals surface area contributed by atoms with Crippen LogP contribution in [0.15, 0.2) is 10.8 Å². The largest absolute Gasteiger partial charge is 0.449 e. The van der Waals surface area contributed by atoms with E-state index in [-0.39, 0.29) is 0 Å². The van der Waals surface area contributed by atoms with Gasteiger partial charge in [0.15, 0.2) is 6.39 Å². The van der Waals surface area contributed by atoms with Crippen LogP contribution < -0.4 is 5.32 Å². The van der Waals surface area contributed by atoms with Crippen molar-refractivity contribution in [3.63, 3.8) is 0 Å². The van der Waals surface area contributed by atoms with E-state index < -0.39 is 0 Å². The van der Waals surface area contributed by atoms with E-state index >= 15 is 0 Å². The van der Waals surface area contributed by atoms with Gasteiger partial charge in [0.2, 0.25) is 0 Å². The Labute approximate surface area is 65.8 Å². The third-order valence-corrected chi connectivity index (χ3v) is 2.19. The third-order valence-electron chi connectivity index (χ3n) is 2.19. The number of oxazole rings is 1. The maximum atomic E-state index is 5.10. The molecule has 1 N–H and O–H groups in total. The fraction of sp³-hybridized carbons (Fsp3) is 0.625. The zero-order valence-electron chi connectivity index (χ0n) is 6.63. The summed E-state index contributed by atoms with van der Waals surface area (Å²) >= 11 is 0. The summed E-state index contributed by atoms with van der Waals surface area (Å²) in [7, 11) is 0. The van der Waals surface area contributed by atoms with Crippen molar-refractivity contribution in [1.29, 1.82) is 0 Å². The first-order valence-electron chi connectivity index (χ1n) is 3.96. The summed E-state index contributed by atoms with van der Waals surface area (Å²) in [5.41, 5.74) is 1.12. The van der Waals surface area contributed by atoms with Gasteiger partial charge in [0, 0.05) is 0 Å². The van der Waals surface area contributed by atoms with Crippen LogP contribution in [0.25, 0.3) is 0 Å². The number of nitrogens with one attached hydrogen (secondary N) is 1. The standard InChI is InChI=1S/C8H12N2O/c1-6-8(10-5-11-6)2-7-3-9-4-7/h5,7,9H,2-4H2,1H3. The Balaban J connectivity index is 1.99. The first-order chi connectivity index (χ1) is 5.36. The first-order valence-corrected chi connectivity index (χ1v) is 3.96. The van der Waals surface area contributed by atoms with Gasteiger partial charge < -0.3 is 9.73 Å². The minimum atomic E-state index is 0.777. The Kier molecular flexibility index (Phi) is 1.66. The second-order valence-electron chi connectivity index (χ2n) is 3.08. The minimum absolute atomic E-state index is 0.777. The van der Waals surface area contributed by atoms with Crippen molar-refractivity contribution in [3.8, 4) is 0 Å². The highest BCUT2D eigenvalue weighted by Crippen LogP contribution is 2.13. The van der Waals surface area contributed by atoms with Crippen LogP contribution in [-0.4, -0.2) is 18.1 Å². The summed E-state index contributed by atoms with van der Waals surface area (Å²) in [6.07, 6.45) is 2.59. The van der Waals surface area contributed by atoms with Crippen LogP contribution in [0.5, 0.6) is 0 Å². The van der Waals surface area contributed by atoms with Crippen molar-refractivity contribution >= 4 is 0 Å². The zero-order chi connectivity index (χ0) is 7.68. The molecular formula is C8H12N2O. The number of nitrogens with zero attached hydrogens (tertiary/aromatic N) is 1. The van der Waals surface area contributed by atoms with Gasteiger partial charge in [0.1, 0.15) is 5.76 Å². The van der Waals surface area contributed by atoms with E-state index in [9.17, 15) is 0 Å². The molecule has 2 rings (SSSR count). The molecule has 60 valence electrons. The van der Waals surface area contributed by atoms with E-state index in [2.05, 4.69) is 10.3 Å². The lowest BCUT2D eigenvalue weighted by Gasteiger charge is -2.26. The molecule has 0 saturated carbocycles. The highest BCUT2D eigenvalue weighted by atomic mass is 16.3. The van der Waals surface area contributed by atoms with Crippen molar-refractivity contribution in [2.75, 3.05) is 13.1 Å². The predicted octanol–water partition coefficient (Wildman–Crippen LogP) is 0.745. The van der Waals surface area contributed by atoms with Crippen LogP contribution in [-0.2, 0) is 6.42 Å². The Morgan fingerprint density at radius 3 is 3.00 bits per heavy atom. The lowest BCUT2D eigenvalue weighted by molar-refractivity contribution is 0.343. The molecule has 0 aliphatic carbocycles. The molecule has 1 fully saturated rings. The zero-order valence-corrected chi connectivity index (χ0v) is 6.63. The topological polar surface area (TPSA) is 38.1 Å². The lowest BCUT2D eigenvalue weighted by Crippen LogP contribution is -2.43. The number of hydrogen-bond acceptors (Lipinski definition) is 3. The molecule has 0 aromatic carbocycles. The van der Waals surface area contributed by atoms with Crippen LogP contribution in [0.4, 0.5) is 0 Å². The molecule has 0 radical (unpaired) electrons. The first kappa shape index (κ1) is 6.85. The predicted molar refractivity (Wildman–Crippen MR) is 41.3 cm³/mol. The summed E-state index contributed by atoms with van der Waals surface area (Å²) in [4.78, 5) is 4.14. The number of hydrogen-bond donors (Lipinski definition) is 1. The van der Waals surface area contributed by atoms with Gasteiger partial charge in [-0.2, -0.15) is 0 Å². The monoisotopic (exact) mass is 152 g/mol. The fourth-order valence-corrected chi connectivity index (χ4v) is 1.29. The quantitative estimate of drug-likeness (QED) is 0.679. The lowest BCUT2D eigenvalue weighted by atomic mass is 9.97. The van der Waals surface area contributed by atoms with E-state index in [1.165, 1.54) is 6.39 Å². The molecular weight excluding hydrogens is 140 g/mol. The summed E-state index contributed by atoms with van der Waals surface area (Å²) in [6, 6.07) is 0. The number of rotatable bonds is 2. The molecule has 1 saturated heterocycles. The highest BCUT2D eigenvalue weighted by molar-refractivity contribution is 5.06. The van der Waals surface area contributed by atoms with Crippen LogP contribution in [0.2, 0.25) is 0 Å². The van der Waals surface area contributed by atoms with Gasteiger partial charge in [-0.25, -0.2) is 4.98 Å². The maximum Gasteiger partial charge on any atom is 0.181 e. The molecule has 0 spiro atoms. The summed E-state index contributed by atoms with van der Waals surface area (Å²) in [5, 5.41) is 3.23. The second kappa shape index (κ2) is 2.66. The van der Waals surface area contributed by atoms with Crippen LogP contribution >= 0.6 is 0 Å².